The lowest BCUT2D eigenvalue weighted by Crippen LogP contribution is -2.35. The Morgan fingerprint density at radius 1 is 1.45 bits per heavy atom. The van der Waals surface area contributed by atoms with Gasteiger partial charge in [-0.2, -0.15) is 0 Å². The molecule has 0 saturated heterocycles. The smallest absolute Gasteiger partial charge is 0.239 e. The second-order valence-electron chi connectivity index (χ2n) is 6.33. The third-order valence-corrected chi connectivity index (χ3v) is 5.12. The van der Waals surface area contributed by atoms with Gasteiger partial charge in [-0.25, -0.2) is 9.97 Å². The molecule has 2 aromatic rings. The molecular weight excluding hydrogens is 296 g/mol. The molecule has 1 aliphatic carbocycles. The summed E-state index contributed by atoms with van der Waals surface area (Å²) < 4.78 is 0. The lowest BCUT2D eigenvalue weighted by Gasteiger charge is -2.18. The first-order chi connectivity index (χ1) is 10.5. The molecule has 0 aromatic carbocycles. The van der Waals surface area contributed by atoms with Crippen molar-refractivity contribution in [2.45, 2.75) is 46.1 Å². The van der Waals surface area contributed by atoms with Crippen LogP contribution in [0.15, 0.2) is 6.33 Å². The van der Waals surface area contributed by atoms with Crippen molar-refractivity contribution in [3.63, 3.8) is 0 Å². The molecule has 6 heteroatoms. The molecule has 3 rings (SSSR count). The second-order valence-corrected chi connectivity index (χ2v) is 7.41. The lowest BCUT2D eigenvalue weighted by atomic mass is 9.89. The van der Waals surface area contributed by atoms with Gasteiger partial charge in [0.2, 0.25) is 5.91 Å². The van der Waals surface area contributed by atoms with Crippen molar-refractivity contribution in [1.29, 1.82) is 0 Å². The van der Waals surface area contributed by atoms with E-state index in [1.165, 1.54) is 16.9 Å². The number of anilines is 1. The average molecular weight is 318 g/mol. The number of carbonyl (C=O) groups excluding carboxylic acids is 1. The predicted molar refractivity (Wildman–Crippen MR) is 90.4 cm³/mol. The minimum absolute atomic E-state index is 0.0144. The third kappa shape index (κ3) is 3.06. The molecule has 2 heterocycles. The van der Waals surface area contributed by atoms with Crippen LogP contribution in [0.3, 0.4) is 0 Å². The normalized spacial score (nSPS) is 17.5. The van der Waals surface area contributed by atoms with E-state index in [2.05, 4.69) is 27.5 Å². The summed E-state index contributed by atoms with van der Waals surface area (Å²) in [5.74, 6) is 1.51. The van der Waals surface area contributed by atoms with Gasteiger partial charge in [-0.15, -0.1) is 11.3 Å². The zero-order valence-electron chi connectivity index (χ0n) is 13.3. The highest BCUT2D eigenvalue weighted by Gasteiger charge is 2.23. The fourth-order valence-corrected chi connectivity index (χ4v) is 4.30. The van der Waals surface area contributed by atoms with Crippen molar-refractivity contribution in [2.75, 3.05) is 11.9 Å². The van der Waals surface area contributed by atoms with Crippen LogP contribution in [0.25, 0.3) is 10.2 Å². The molecule has 118 valence electrons. The molecule has 0 radical (unpaired) electrons. The fraction of sp³-hybridized carbons (Fsp3) is 0.562. The van der Waals surface area contributed by atoms with Gasteiger partial charge >= 0.3 is 0 Å². The first-order valence-corrected chi connectivity index (χ1v) is 8.64. The van der Waals surface area contributed by atoms with Crippen molar-refractivity contribution in [3.05, 3.63) is 16.8 Å². The number of aromatic nitrogens is 2. The van der Waals surface area contributed by atoms with Gasteiger partial charge in [-0.3, -0.25) is 4.79 Å². The van der Waals surface area contributed by atoms with Crippen LogP contribution in [0, 0.1) is 5.92 Å². The Morgan fingerprint density at radius 2 is 2.27 bits per heavy atom. The van der Waals surface area contributed by atoms with E-state index >= 15 is 0 Å². The van der Waals surface area contributed by atoms with E-state index in [-0.39, 0.29) is 18.5 Å². The molecule has 5 nitrogen and oxygen atoms in total. The molecule has 22 heavy (non-hydrogen) atoms. The van der Waals surface area contributed by atoms with Crippen LogP contribution in [0.1, 0.15) is 37.6 Å². The Balaban J connectivity index is 1.85. The summed E-state index contributed by atoms with van der Waals surface area (Å²) in [6, 6.07) is 0.148. The first kappa shape index (κ1) is 15.2. The van der Waals surface area contributed by atoms with Crippen molar-refractivity contribution in [3.8, 4) is 0 Å². The first-order valence-electron chi connectivity index (χ1n) is 7.83. The van der Waals surface area contributed by atoms with Crippen LogP contribution in [-0.2, 0) is 17.6 Å². The minimum Gasteiger partial charge on any atom is -0.360 e. The molecule has 0 fully saturated rings. The van der Waals surface area contributed by atoms with E-state index in [0.29, 0.717) is 0 Å². The molecule has 1 atom stereocenters. The van der Waals surface area contributed by atoms with Crippen molar-refractivity contribution in [1.82, 2.24) is 15.3 Å². The Bertz CT molecular complexity index is 695. The monoisotopic (exact) mass is 318 g/mol. The van der Waals surface area contributed by atoms with Crippen molar-refractivity contribution in [2.24, 2.45) is 5.92 Å². The summed E-state index contributed by atoms with van der Waals surface area (Å²) in [6.07, 6.45) is 5.00. The summed E-state index contributed by atoms with van der Waals surface area (Å²) in [5.41, 5.74) is 1.38. The Labute approximate surface area is 134 Å². The standard InChI is InChI=1S/C16H22N4OS/c1-9(2)20-13(21)7-17-15-14-11-5-4-10(3)6-12(11)22-16(14)19-8-18-15/h8-10H,4-7H2,1-3H3,(H,20,21)(H,17,18,19)/t10-/m0/s1. The van der Waals surface area contributed by atoms with Crippen LogP contribution in [0.4, 0.5) is 5.82 Å². The number of carbonyl (C=O) groups is 1. The summed E-state index contributed by atoms with van der Waals surface area (Å²) in [6.45, 7) is 6.45. The maximum Gasteiger partial charge on any atom is 0.239 e. The van der Waals surface area contributed by atoms with Gasteiger partial charge in [-0.1, -0.05) is 6.92 Å². The predicted octanol–water partition coefficient (Wildman–Crippen LogP) is 2.75. The zero-order valence-corrected chi connectivity index (χ0v) is 14.1. The number of thiophene rings is 1. The number of fused-ring (bicyclic) bond motifs is 3. The number of hydrogen-bond donors (Lipinski definition) is 2. The van der Waals surface area contributed by atoms with E-state index in [1.54, 1.807) is 17.7 Å². The summed E-state index contributed by atoms with van der Waals surface area (Å²) >= 11 is 1.77. The fourth-order valence-electron chi connectivity index (χ4n) is 2.95. The van der Waals surface area contributed by atoms with Gasteiger partial charge in [0, 0.05) is 10.9 Å². The maximum absolute atomic E-state index is 11.8. The number of nitrogens with one attached hydrogen (secondary N) is 2. The maximum atomic E-state index is 11.8. The number of rotatable bonds is 4. The van der Waals surface area contributed by atoms with Gasteiger partial charge in [0.05, 0.1) is 11.9 Å². The highest BCUT2D eigenvalue weighted by Crippen LogP contribution is 2.39. The zero-order chi connectivity index (χ0) is 15.7. The van der Waals surface area contributed by atoms with Gasteiger partial charge in [0.25, 0.3) is 0 Å². The molecule has 0 spiro atoms. The van der Waals surface area contributed by atoms with Gasteiger partial charge in [0.15, 0.2) is 0 Å². The largest absolute Gasteiger partial charge is 0.360 e. The van der Waals surface area contributed by atoms with Gasteiger partial charge < -0.3 is 10.6 Å². The quantitative estimate of drug-likeness (QED) is 0.909. The van der Waals surface area contributed by atoms with E-state index in [9.17, 15) is 4.79 Å². The lowest BCUT2D eigenvalue weighted by molar-refractivity contribution is -0.119. The van der Waals surface area contributed by atoms with Gasteiger partial charge in [0.1, 0.15) is 17.0 Å². The molecule has 0 saturated carbocycles. The SMILES string of the molecule is CC(C)NC(=O)CNc1ncnc2sc3c(c12)CC[C@H](C)C3. The molecule has 0 unspecified atom stereocenters. The molecule has 1 amide bonds. The van der Waals surface area contributed by atoms with Crippen LogP contribution >= 0.6 is 11.3 Å². The molecular formula is C16H22N4OS. The van der Waals surface area contributed by atoms with E-state index in [0.717, 1.165) is 34.8 Å². The minimum atomic E-state index is -0.0144. The molecule has 0 aliphatic heterocycles. The molecule has 2 N–H and O–H groups in total. The van der Waals surface area contributed by atoms with E-state index in [1.807, 2.05) is 13.8 Å². The average Bonchev–Trinajstić information content (AvgIpc) is 2.82. The second kappa shape index (κ2) is 6.20. The van der Waals surface area contributed by atoms with Crippen LogP contribution in [0.2, 0.25) is 0 Å². The molecule has 0 bridgehead atoms. The highest BCUT2D eigenvalue weighted by atomic mass is 32.1. The summed E-state index contributed by atoms with van der Waals surface area (Å²) in [4.78, 5) is 23.1. The van der Waals surface area contributed by atoms with Gasteiger partial charge in [-0.05, 0) is 44.6 Å². The Kier molecular flexibility index (Phi) is 4.29. The Hall–Kier alpha value is -1.69. The number of aryl methyl sites for hydroxylation is 1. The number of amides is 1. The molecule has 2 aromatic heterocycles. The van der Waals surface area contributed by atoms with E-state index in [4.69, 9.17) is 0 Å². The summed E-state index contributed by atoms with van der Waals surface area (Å²) in [7, 11) is 0. The van der Waals surface area contributed by atoms with E-state index < -0.39 is 0 Å². The van der Waals surface area contributed by atoms with Crippen LogP contribution in [0.5, 0.6) is 0 Å². The van der Waals surface area contributed by atoms with Crippen LogP contribution in [-0.4, -0.2) is 28.5 Å². The number of hydrogen-bond acceptors (Lipinski definition) is 5. The van der Waals surface area contributed by atoms with Crippen molar-refractivity contribution < 1.29 is 4.79 Å². The Morgan fingerprint density at radius 3 is 3.05 bits per heavy atom. The summed E-state index contributed by atoms with van der Waals surface area (Å²) in [5, 5.41) is 7.18. The van der Waals surface area contributed by atoms with Crippen LogP contribution < -0.4 is 10.6 Å². The topological polar surface area (TPSA) is 66.9 Å². The third-order valence-electron chi connectivity index (χ3n) is 3.96. The molecule has 1 aliphatic rings. The highest BCUT2D eigenvalue weighted by molar-refractivity contribution is 7.19. The van der Waals surface area contributed by atoms with Crippen molar-refractivity contribution >= 4 is 33.3 Å². The number of nitrogens with zero attached hydrogens (tertiary/aromatic N) is 2.